The molecule has 16 heavy (non-hydrogen) atoms. The molecular weight excluding hydrogens is 200 g/mol. The van der Waals surface area contributed by atoms with Crippen LogP contribution in [0.15, 0.2) is 0 Å². The van der Waals surface area contributed by atoms with E-state index in [4.69, 9.17) is 5.73 Å². The maximum atomic E-state index is 10.5. The third-order valence-electron chi connectivity index (χ3n) is 4.38. The largest absolute Gasteiger partial charge is 0.387 e. The summed E-state index contributed by atoms with van der Waals surface area (Å²) in [5.41, 5.74) is 5.14. The molecule has 2 fully saturated rings. The number of nitrogens with two attached hydrogens (primary N) is 1. The fourth-order valence-electron chi connectivity index (χ4n) is 2.71. The second-order valence-electron chi connectivity index (χ2n) is 5.71. The second-order valence-corrected chi connectivity index (χ2v) is 5.71. The molecule has 3 heteroatoms. The predicted molar refractivity (Wildman–Crippen MR) is 66.2 cm³/mol. The zero-order valence-corrected chi connectivity index (χ0v) is 10.5. The van der Waals surface area contributed by atoms with Crippen LogP contribution < -0.4 is 5.73 Å². The molecule has 3 nitrogen and oxygen atoms in total. The van der Waals surface area contributed by atoms with Gasteiger partial charge in [0, 0.05) is 19.6 Å². The van der Waals surface area contributed by atoms with E-state index in [0.717, 1.165) is 38.4 Å². The summed E-state index contributed by atoms with van der Waals surface area (Å²) in [7, 11) is 0. The minimum atomic E-state index is -0.611. The van der Waals surface area contributed by atoms with Gasteiger partial charge in [-0.2, -0.15) is 0 Å². The van der Waals surface area contributed by atoms with Crippen molar-refractivity contribution in [2.75, 3.05) is 26.2 Å². The Kier molecular flexibility index (Phi) is 3.88. The van der Waals surface area contributed by atoms with Crippen LogP contribution in [-0.2, 0) is 0 Å². The van der Waals surface area contributed by atoms with E-state index in [1.807, 2.05) is 0 Å². The Labute approximate surface area is 99.0 Å². The van der Waals surface area contributed by atoms with Gasteiger partial charge in [-0.25, -0.2) is 0 Å². The summed E-state index contributed by atoms with van der Waals surface area (Å²) in [6.07, 6.45) is 6.47. The molecule has 0 bridgehead atoms. The number of hydrogen-bond donors (Lipinski definition) is 2. The van der Waals surface area contributed by atoms with E-state index in [2.05, 4.69) is 11.8 Å². The maximum absolute atomic E-state index is 10.5. The zero-order valence-electron chi connectivity index (χ0n) is 10.5. The molecule has 2 aliphatic rings. The summed E-state index contributed by atoms with van der Waals surface area (Å²) < 4.78 is 0. The highest BCUT2D eigenvalue weighted by Gasteiger charge is 2.43. The van der Waals surface area contributed by atoms with E-state index < -0.39 is 5.60 Å². The number of aliphatic hydroxyl groups is 1. The second kappa shape index (κ2) is 5.03. The topological polar surface area (TPSA) is 49.5 Å². The molecule has 0 aliphatic heterocycles. The van der Waals surface area contributed by atoms with E-state index in [1.54, 1.807) is 0 Å². The lowest BCUT2D eigenvalue weighted by Gasteiger charge is -2.37. The van der Waals surface area contributed by atoms with Crippen LogP contribution in [0, 0.1) is 11.8 Å². The molecule has 0 saturated heterocycles. The highest BCUT2D eigenvalue weighted by Crippen LogP contribution is 2.40. The van der Waals surface area contributed by atoms with Gasteiger partial charge < -0.3 is 15.7 Å². The van der Waals surface area contributed by atoms with E-state index in [-0.39, 0.29) is 0 Å². The van der Waals surface area contributed by atoms with Crippen LogP contribution in [0.3, 0.4) is 0 Å². The van der Waals surface area contributed by atoms with Crippen molar-refractivity contribution in [1.82, 2.24) is 4.90 Å². The predicted octanol–water partition coefficient (Wildman–Crippen LogP) is 1.21. The maximum Gasteiger partial charge on any atom is 0.0923 e. The number of rotatable bonds is 7. The van der Waals surface area contributed by atoms with Gasteiger partial charge in [0.25, 0.3) is 0 Å². The first-order valence-corrected chi connectivity index (χ1v) is 6.82. The summed E-state index contributed by atoms with van der Waals surface area (Å²) in [4.78, 5) is 2.40. The average Bonchev–Trinajstić information content (AvgIpc) is 3.05. The molecule has 2 rings (SSSR count). The average molecular weight is 226 g/mol. The van der Waals surface area contributed by atoms with Crippen LogP contribution in [-0.4, -0.2) is 41.8 Å². The Morgan fingerprint density at radius 1 is 1.31 bits per heavy atom. The minimum absolute atomic E-state index is 0.416. The zero-order chi connectivity index (χ0) is 11.6. The Morgan fingerprint density at radius 2 is 2.00 bits per heavy atom. The summed E-state index contributed by atoms with van der Waals surface area (Å²) in [5, 5.41) is 10.5. The van der Waals surface area contributed by atoms with Gasteiger partial charge in [-0.15, -0.1) is 0 Å². The fraction of sp³-hybridized carbons (Fsp3) is 1.00. The van der Waals surface area contributed by atoms with Gasteiger partial charge >= 0.3 is 0 Å². The van der Waals surface area contributed by atoms with Crippen molar-refractivity contribution < 1.29 is 5.11 Å². The molecule has 3 N–H and O–H groups in total. The monoisotopic (exact) mass is 226 g/mol. The number of hydrogen-bond acceptors (Lipinski definition) is 3. The Balaban J connectivity index is 1.83. The molecule has 0 amide bonds. The molecule has 0 aromatic rings. The van der Waals surface area contributed by atoms with Crippen LogP contribution in [0.5, 0.6) is 0 Å². The molecule has 2 aliphatic carbocycles. The highest BCUT2D eigenvalue weighted by atomic mass is 16.3. The first kappa shape index (κ1) is 12.3. The van der Waals surface area contributed by atoms with Gasteiger partial charge in [-0.1, -0.05) is 13.3 Å². The van der Waals surface area contributed by atoms with Crippen LogP contribution in [0.4, 0.5) is 0 Å². The molecule has 0 heterocycles. The first-order chi connectivity index (χ1) is 7.68. The summed E-state index contributed by atoms with van der Waals surface area (Å²) in [6.45, 7) is 5.57. The van der Waals surface area contributed by atoms with E-state index >= 15 is 0 Å². The van der Waals surface area contributed by atoms with Gasteiger partial charge in [0.05, 0.1) is 5.60 Å². The van der Waals surface area contributed by atoms with Gasteiger partial charge in [0.15, 0.2) is 0 Å². The van der Waals surface area contributed by atoms with Crippen LogP contribution in [0.1, 0.15) is 39.0 Å². The van der Waals surface area contributed by atoms with Crippen molar-refractivity contribution in [2.24, 2.45) is 17.6 Å². The van der Waals surface area contributed by atoms with Crippen molar-refractivity contribution in [3.63, 3.8) is 0 Å². The van der Waals surface area contributed by atoms with Crippen LogP contribution in [0.25, 0.3) is 0 Å². The molecular formula is C13H26N2O. The van der Waals surface area contributed by atoms with E-state index in [9.17, 15) is 5.11 Å². The Bertz CT molecular complexity index is 226. The summed E-state index contributed by atoms with van der Waals surface area (Å²) in [5.74, 6) is 1.34. The van der Waals surface area contributed by atoms with Crippen molar-refractivity contribution >= 4 is 0 Å². The Morgan fingerprint density at radius 3 is 2.38 bits per heavy atom. The molecule has 1 atom stereocenters. The lowest BCUT2D eigenvalue weighted by Crippen LogP contribution is -2.51. The van der Waals surface area contributed by atoms with E-state index in [1.165, 1.54) is 19.3 Å². The lowest BCUT2D eigenvalue weighted by molar-refractivity contribution is -0.0134. The molecule has 2 saturated carbocycles. The van der Waals surface area contributed by atoms with Crippen molar-refractivity contribution in [3.8, 4) is 0 Å². The lowest BCUT2D eigenvalue weighted by atomic mass is 9.84. The summed E-state index contributed by atoms with van der Waals surface area (Å²) in [6, 6.07) is 0. The normalized spacial score (nSPS) is 25.5. The number of likely N-dealkylation sites (N-methyl/N-ethyl adjacent to an activating group) is 1. The fourth-order valence-corrected chi connectivity index (χ4v) is 2.71. The molecule has 1 unspecified atom stereocenters. The van der Waals surface area contributed by atoms with Gasteiger partial charge in [0.1, 0.15) is 0 Å². The molecule has 0 spiro atoms. The quantitative estimate of drug-likeness (QED) is 0.686. The van der Waals surface area contributed by atoms with Crippen molar-refractivity contribution in [3.05, 3.63) is 0 Å². The van der Waals surface area contributed by atoms with E-state index in [0.29, 0.717) is 12.5 Å². The minimum Gasteiger partial charge on any atom is -0.387 e. The molecule has 0 aromatic carbocycles. The number of nitrogens with zero attached hydrogens (tertiary/aromatic N) is 1. The van der Waals surface area contributed by atoms with Crippen molar-refractivity contribution in [1.29, 1.82) is 0 Å². The Hall–Kier alpha value is -0.120. The first-order valence-electron chi connectivity index (χ1n) is 6.82. The van der Waals surface area contributed by atoms with Gasteiger partial charge in [-0.3, -0.25) is 0 Å². The van der Waals surface area contributed by atoms with Gasteiger partial charge in [-0.05, 0) is 44.1 Å². The van der Waals surface area contributed by atoms with Crippen LogP contribution >= 0.6 is 0 Å². The van der Waals surface area contributed by atoms with Gasteiger partial charge in [0.2, 0.25) is 0 Å². The third kappa shape index (κ3) is 2.76. The molecule has 0 aromatic heterocycles. The standard InChI is InChI=1S/C13H26N2O/c1-2-15(8-11-4-3-5-11)10-13(16,9-14)12-6-7-12/h11-12,16H,2-10,14H2,1H3. The molecule has 94 valence electrons. The van der Waals surface area contributed by atoms with Crippen LogP contribution in [0.2, 0.25) is 0 Å². The third-order valence-corrected chi connectivity index (χ3v) is 4.38. The SMILES string of the molecule is CCN(CC1CCC1)CC(O)(CN)C1CC1. The van der Waals surface area contributed by atoms with Crippen molar-refractivity contribution in [2.45, 2.75) is 44.6 Å². The summed E-state index contributed by atoms with van der Waals surface area (Å²) >= 11 is 0. The highest BCUT2D eigenvalue weighted by molar-refractivity contribution is 4.97. The smallest absolute Gasteiger partial charge is 0.0923 e. The molecule has 0 radical (unpaired) electrons.